The number of hydrogen-bond acceptors (Lipinski definition) is 3. The summed E-state index contributed by atoms with van der Waals surface area (Å²) in [5, 5.41) is 9.04. The molecule has 0 bridgehead atoms. The largest absolute Gasteiger partial charge is 0.476 e. The number of pyridine rings is 1. The number of hydrogen-bond donors (Lipinski definition) is 1. The first-order valence-corrected chi connectivity index (χ1v) is 6.08. The van der Waals surface area contributed by atoms with Crippen molar-refractivity contribution in [2.75, 3.05) is 5.75 Å². The lowest BCUT2D eigenvalue weighted by atomic mass is 10.2. The highest BCUT2D eigenvalue weighted by Gasteiger charge is 2.26. The van der Waals surface area contributed by atoms with E-state index in [1.54, 1.807) is 0 Å². The highest BCUT2D eigenvalue weighted by atomic mass is 32.2. The highest BCUT2D eigenvalue weighted by molar-refractivity contribution is 7.99. The summed E-state index contributed by atoms with van der Waals surface area (Å²) in [6.07, 6.45) is 2.29. The Kier molecular flexibility index (Phi) is 2.95. The van der Waals surface area contributed by atoms with Crippen molar-refractivity contribution >= 4 is 17.7 Å². The van der Waals surface area contributed by atoms with Crippen LogP contribution in [0.1, 0.15) is 41.9 Å². The van der Waals surface area contributed by atoms with Crippen molar-refractivity contribution in [2.45, 2.75) is 30.6 Å². The molecular weight excluding hydrogens is 210 g/mol. The molecule has 15 heavy (non-hydrogen) atoms. The van der Waals surface area contributed by atoms with Crippen molar-refractivity contribution in [1.29, 1.82) is 0 Å². The van der Waals surface area contributed by atoms with Gasteiger partial charge in [0, 0.05) is 16.5 Å². The maximum absolute atomic E-state index is 11.0. The molecular formula is C11H13NO2S. The molecule has 3 nitrogen and oxygen atoms in total. The van der Waals surface area contributed by atoms with Gasteiger partial charge in [-0.05, 0) is 30.7 Å². The van der Waals surface area contributed by atoms with E-state index in [9.17, 15) is 4.79 Å². The smallest absolute Gasteiger partial charge is 0.355 e. The second kappa shape index (κ2) is 4.23. The quantitative estimate of drug-likeness (QED) is 0.797. The molecule has 1 aromatic rings. The van der Waals surface area contributed by atoms with Crippen LogP contribution in [-0.2, 0) is 0 Å². The second-order valence-corrected chi connectivity index (χ2v) is 4.90. The van der Waals surface area contributed by atoms with Crippen molar-refractivity contribution < 1.29 is 9.90 Å². The SMILES string of the molecule is CCSc1ccc(C2CC2)nc1C(=O)O. The predicted molar refractivity (Wildman–Crippen MR) is 59.6 cm³/mol. The summed E-state index contributed by atoms with van der Waals surface area (Å²) in [5.41, 5.74) is 1.15. The Bertz CT molecular complexity index is 388. The van der Waals surface area contributed by atoms with Crippen LogP contribution in [0.4, 0.5) is 0 Å². The lowest BCUT2D eigenvalue weighted by Gasteiger charge is -2.05. The van der Waals surface area contributed by atoms with E-state index in [1.807, 2.05) is 19.1 Å². The maximum Gasteiger partial charge on any atom is 0.355 e. The van der Waals surface area contributed by atoms with Crippen LogP contribution in [-0.4, -0.2) is 21.8 Å². The first-order chi connectivity index (χ1) is 7.22. The third-order valence-corrected chi connectivity index (χ3v) is 3.31. The zero-order valence-corrected chi connectivity index (χ0v) is 9.38. The first kappa shape index (κ1) is 10.5. The van der Waals surface area contributed by atoms with Crippen molar-refractivity contribution in [2.24, 2.45) is 0 Å². The summed E-state index contributed by atoms with van der Waals surface area (Å²) in [6, 6.07) is 3.85. The fourth-order valence-corrected chi connectivity index (χ4v) is 2.24. The third kappa shape index (κ3) is 2.31. The average Bonchev–Trinajstić information content (AvgIpc) is 3.02. The number of carbonyl (C=O) groups is 1. The molecule has 1 aliphatic rings. The average molecular weight is 223 g/mol. The lowest BCUT2D eigenvalue weighted by molar-refractivity contribution is 0.0686. The Labute approximate surface area is 92.9 Å². The van der Waals surface area contributed by atoms with Gasteiger partial charge in [0.2, 0.25) is 0 Å². The molecule has 1 fully saturated rings. The molecule has 0 saturated heterocycles. The summed E-state index contributed by atoms with van der Waals surface area (Å²) in [7, 11) is 0. The van der Waals surface area contributed by atoms with E-state index in [2.05, 4.69) is 4.98 Å². The Morgan fingerprint density at radius 2 is 2.33 bits per heavy atom. The molecule has 0 radical (unpaired) electrons. The van der Waals surface area contributed by atoms with Crippen LogP contribution in [0.2, 0.25) is 0 Å². The molecule has 0 unspecified atom stereocenters. The van der Waals surface area contributed by atoms with Crippen LogP contribution in [0.5, 0.6) is 0 Å². The minimum Gasteiger partial charge on any atom is -0.476 e. The molecule has 1 saturated carbocycles. The number of carboxylic acid groups (broad SMARTS) is 1. The zero-order valence-electron chi connectivity index (χ0n) is 8.56. The van der Waals surface area contributed by atoms with Gasteiger partial charge >= 0.3 is 5.97 Å². The zero-order chi connectivity index (χ0) is 10.8. The molecule has 0 spiro atoms. The number of thioether (sulfide) groups is 1. The van der Waals surface area contributed by atoms with Crippen LogP contribution in [0.3, 0.4) is 0 Å². The second-order valence-electron chi connectivity index (χ2n) is 3.60. The van der Waals surface area contributed by atoms with Crippen LogP contribution in [0.25, 0.3) is 0 Å². The van der Waals surface area contributed by atoms with Gasteiger partial charge in [0.1, 0.15) is 0 Å². The van der Waals surface area contributed by atoms with Gasteiger partial charge in [-0.25, -0.2) is 9.78 Å². The van der Waals surface area contributed by atoms with Crippen molar-refractivity contribution in [3.63, 3.8) is 0 Å². The van der Waals surface area contributed by atoms with Crippen molar-refractivity contribution in [3.05, 3.63) is 23.5 Å². The van der Waals surface area contributed by atoms with Crippen LogP contribution < -0.4 is 0 Å². The topological polar surface area (TPSA) is 50.2 Å². The predicted octanol–water partition coefficient (Wildman–Crippen LogP) is 2.77. The van der Waals surface area contributed by atoms with E-state index in [1.165, 1.54) is 11.8 Å². The van der Waals surface area contributed by atoms with E-state index in [0.717, 1.165) is 29.2 Å². The fourth-order valence-electron chi connectivity index (χ4n) is 1.49. The van der Waals surface area contributed by atoms with Gasteiger partial charge in [-0.2, -0.15) is 0 Å². The van der Waals surface area contributed by atoms with Crippen LogP contribution in [0, 0.1) is 0 Å². The van der Waals surface area contributed by atoms with Crippen molar-refractivity contribution in [3.8, 4) is 0 Å². The Hall–Kier alpha value is -1.03. The molecule has 0 aliphatic heterocycles. The Morgan fingerprint density at radius 1 is 1.60 bits per heavy atom. The Balaban J connectivity index is 2.34. The minimum absolute atomic E-state index is 0.214. The third-order valence-electron chi connectivity index (χ3n) is 2.38. The first-order valence-electron chi connectivity index (χ1n) is 5.09. The molecule has 80 valence electrons. The molecule has 2 rings (SSSR count). The summed E-state index contributed by atoms with van der Waals surface area (Å²) in [4.78, 5) is 16.0. The molecule has 0 aromatic carbocycles. The summed E-state index contributed by atoms with van der Waals surface area (Å²) < 4.78 is 0. The fraction of sp³-hybridized carbons (Fsp3) is 0.455. The maximum atomic E-state index is 11.0. The van der Waals surface area contributed by atoms with Gasteiger partial charge in [-0.1, -0.05) is 6.92 Å². The van der Waals surface area contributed by atoms with E-state index < -0.39 is 5.97 Å². The van der Waals surface area contributed by atoms with E-state index in [4.69, 9.17) is 5.11 Å². The molecule has 1 N–H and O–H groups in total. The molecule has 4 heteroatoms. The number of rotatable bonds is 4. The van der Waals surface area contributed by atoms with Gasteiger partial charge in [0.05, 0.1) is 0 Å². The lowest BCUT2D eigenvalue weighted by Crippen LogP contribution is -2.04. The van der Waals surface area contributed by atoms with Gasteiger partial charge in [0.25, 0.3) is 0 Å². The number of nitrogens with zero attached hydrogens (tertiary/aromatic N) is 1. The Morgan fingerprint density at radius 3 is 2.87 bits per heavy atom. The molecule has 0 amide bonds. The normalized spacial score (nSPS) is 15.3. The minimum atomic E-state index is -0.923. The summed E-state index contributed by atoms with van der Waals surface area (Å²) >= 11 is 1.53. The standard InChI is InChI=1S/C11H13NO2S/c1-2-15-9-6-5-8(7-3-4-7)12-10(9)11(13)14/h5-7H,2-4H2,1H3,(H,13,14). The van der Waals surface area contributed by atoms with E-state index in [-0.39, 0.29) is 5.69 Å². The van der Waals surface area contributed by atoms with Crippen LogP contribution >= 0.6 is 11.8 Å². The number of aromatic carboxylic acids is 1. The number of aromatic nitrogens is 1. The van der Waals surface area contributed by atoms with Crippen LogP contribution in [0.15, 0.2) is 17.0 Å². The number of carboxylic acids is 1. The van der Waals surface area contributed by atoms with Gasteiger partial charge in [-0.15, -0.1) is 11.8 Å². The molecule has 1 aromatic heterocycles. The van der Waals surface area contributed by atoms with Crippen molar-refractivity contribution in [1.82, 2.24) is 4.98 Å². The molecule has 0 atom stereocenters. The molecule has 1 heterocycles. The van der Waals surface area contributed by atoms with E-state index >= 15 is 0 Å². The monoisotopic (exact) mass is 223 g/mol. The molecule has 1 aliphatic carbocycles. The van der Waals surface area contributed by atoms with Gasteiger partial charge in [0.15, 0.2) is 5.69 Å². The summed E-state index contributed by atoms with van der Waals surface area (Å²) in [6.45, 7) is 2.01. The van der Waals surface area contributed by atoms with Gasteiger partial charge in [-0.3, -0.25) is 0 Å². The summed E-state index contributed by atoms with van der Waals surface area (Å²) in [5.74, 6) is 0.447. The van der Waals surface area contributed by atoms with Gasteiger partial charge < -0.3 is 5.11 Å². The van der Waals surface area contributed by atoms with E-state index in [0.29, 0.717) is 5.92 Å². The highest BCUT2D eigenvalue weighted by Crippen LogP contribution is 2.39.